The van der Waals surface area contributed by atoms with E-state index < -0.39 is 24.0 Å². The molecule has 1 aromatic rings. The number of carboxylic acid groups (broad SMARTS) is 1. The Balaban J connectivity index is 2.62. The van der Waals surface area contributed by atoms with Crippen LogP contribution in [0.5, 0.6) is 5.75 Å². The maximum absolute atomic E-state index is 11.9. The third-order valence-corrected chi connectivity index (χ3v) is 2.96. The number of benzene rings is 1. The maximum atomic E-state index is 11.9. The van der Waals surface area contributed by atoms with Crippen LogP contribution in [0, 0.1) is 5.92 Å². The third kappa shape index (κ3) is 4.55. The van der Waals surface area contributed by atoms with Crippen molar-refractivity contribution in [3.05, 3.63) is 29.8 Å². The Bertz CT molecular complexity index is 471. The lowest BCUT2D eigenvalue weighted by molar-refractivity contribution is -0.143. The first-order chi connectivity index (χ1) is 9.31. The van der Waals surface area contributed by atoms with Gasteiger partial charge in [-0.3, -0.25) is 4.79 Å². The minimum absolute atomic E-state index is 0.137. The number of nitrogens with two attached hydrogens (primary N) is 1. The second kappa shape index (κ2) is 6.91. The zero-order valence-electron chi connectivity index (χ0n) is 11.5. The van der Waals surface area contributed by atoms with E-state index >= 15 is 0 Å². The summed E-state index contributed by atoms with van der Waals surface area (Å²) in [5.41, 5.74) is 6.56. The molecule has 0 saturated heterocycles. The number of carboxylic acids is 1. The standard InChI is InChI=1S/C14H20N2O4/c1-8(2)12(14(19)20)16-13(18)11(15)7-9-3-5-10(17)6-4-9/h3-6,8,11-12,17H,7,15H2,1-2H3,(H,16,18)(H,19,20)/t11-,12+/m1/s1. The van der Waals surface area contributed by atoms with E-state index in [1.165, 1.54) is 12.1 Å². The van der Waals surface area contributed by atoms with Gasteiger partial charge in [-0.05, 0) is 30.0 Å². The predicted octanol–water partition coefficient (Wildman–Crippen LogP) is 0.487. The molecule has 110 valence electrons. The summed E-state index contributed by atoms with van der Waals surface area (Å²) in [5.74, 6) is -1.67. The Kier molecular flexibility index (Phi) is 5.52. The molecule has 0 unspecified atom stereocenters. The molecule has 0 aliphatic carbocycles. The molecule has 0 spiro atoms. The van der Waals surface area contributed by atoms with Gasteiger partial charge in [-0.25, -0.2) is 4.79 Å². The van der Waals surface area contributed by atoms with Crippen LogP contribution < -0.4 is 11.1 Å². The molecule has 0 aliphatic heterocycles. The van der Waals surface area contributed by atoms with Crippen molar-refractivity contribution in [1.29, 1.82) is 0 Å². The quantitative estimate of drug-likeness (QED) is 0.605. The molecule has 6 heteroatoms. The fourth-order valence-electron chi connectivity index (χ4n) is 1.75. The maximum Gasteiger partial charge on any atom is 0.326 e. The fourth-order valence-corrected chi connectivity index (χ4v) is 1.75. The molecule has 0 heterocycles. The van der Waals surface area contributed by atoms with E-state index in [-0.39, 0.29) is 18.1 Å². The van der Waals surface area contributed by atoms with E-state index in [1.807, 2.05) is 0 Å². The molecule has 1 rings (SSSR count). The molecule has 0 aliphatic rings. The Morgan fingerprint density at radius 1 is 1.25 bits per heavy atom. The van der Waals surface area contributed by atoms with Crippen LogP contribution in [-0.2, 0) is 16.0 Å². The van der Waals surface area contributed by atoms with Crippen LogP contribution in [0.2, 0.25) is 0 Å². The van der Waals surface area contributed by atoms with Crippen molar-refractivity contribution in [3.63, 3.8) is 0 Å². The van der Waals surface area contributed by atoms with Crippen LogP contribution >= 0.6 is 0 Å². The summed E-state index contributed by atoms with van der Waals surface area (Å²) in [6.45, 7) is 3.43. The number of aromatic hydroxyl groups is 1. The summed E-state index contributed by atoms with van der Waals surface area (Å²) in [5, 5.41) is 20.6. The molecule has 2 atom stereocenters. The lowest BCUT2D eigenvalue weighted by Gasteiger charge is -2.20. The number of hydrogen-bond acceptors (Lipinski definition) is 4. The summed E-state index contributed by atoms with van der Waals surface area (Å²) >= 11 is 0. The number of carbonyl (C=O) groups is 2. The molecular weight excluding hydrogens is 260 g/mol. The van der Waals surface area contributed by atoms with Crippen LogP contribution in [0.25, 0.3) is 0 Å². The number of carbonyl (C=O) groups excluding carboxylic acids is 1. The van der Waals surface area contributed by atoms with E-state index in [4.69, 9.17) is 15.9 Å². The summed E-state index contributed by atoms with van der Waals surface area (Å²) in [4.78, 5) is 22.9. The van der Waals surface area contributed by atoms with Gasteiger partial charge in [-0.1, -0.05) is 26.0 Å². The molecule has 1 amide bonds. The van der Waals surface area contributed by atoms with Gasteiger partial charge in [-0.2, -0.15) is 0 Å². The van der Waals surface area contributed by atoms with Gasteiger partial charge in [0.2, 0.25) is 5.91 Å². The number of hydrogen-bond donors (Lipinski definition) is 4. The Morgan fingerprint density at radius 3 is 2.25 bits per heavy atom. The summed E-state index contributed by atoms with van der Waals surface area (Å²) < 4.78 is 0. The van der Waals surface area contributed by atoms with Gasteiger partial charge in [0.25, 0.3) is 0 Å². The molecule has 0 aromatic heterocycles. The largest absolute Gasteiger partial charge is 0.508 e. The number of rotatable bonds is 6. The van der Waals surface area contributed by atoms with Crippen LogP contribution in [0.1, 0.15) is 19.4 Å². The molecule has 0 saturated carbocycles. The van der Waals surface area contributed by atoms with Crippen molar-refractivity contribution in [1.82, 2.24) is 5.32 Å². The normalized spacial score (nSPS) is 13.8. The molecule has 1 aromatic carbocycles. The molecule has 0 fully saturated rings. The zero-order valence-corrected chi connectivity index (χ0v) is 11.5. The molecule has 6 nitrogen and oxygen atoms in total. The van der Waals surface area contributed by atoms with Gasteiger partial charge in [-0.15, -0.1) is 0 Å². The topological polar surface area (TPSA) is 113 Å². The lowest BCUT2D eigenvalue weighted by Crippen LogP contribution is -2.51. The second-order valence-corrected chi connectivity index (χ2v) is 5.05. The van der Waals surface area contributed by atoms with E-state index in [1.54, 1.807) is 26.0 Å². The monoisotopic (exact) mass is 280 g/mol. The van der Waals surface area contributed by atoms with Crippen LogP contribution in [0.3, 0.4) is 0 Å². The summed E-state index contributed by atoms with van der Waals surface area (Å²) in [6, 6.07) is 4.56. The number of amides is 1. The highest BCUT2D eigenvalue weighted by molar-refractivity contribution is 5.87. The number of nitrogens with one attached hydrogen (secondary N) is 1. The van der Waals surface area contributed by atoms with Gasteiger partial charge in [0.05, 0.1) is 6.04 Å². The second-order valence-electron chi connectivity index (χ2n) is 5.05. The van der Waals surface area contributed by atoms with Gasteiger partial charge in [0, 0.05) is 0 Å². The zero-order chi connectivity index (χ0) is 15.3. The van der Waals surface area contributed by atoms with E-state index in [9.17, 15) is 9.59 Å². The highest BCUT2D eigenvalue weighted by Gasteiger charge is 2.25. The molecular formula is C14H20N2O4. The van der Waals surface area contributed by atoms with Crippen molar-refractivity contribution in [2.45, 2.75) is 32.4 Å². The molecule has 0 bridgehead atoms. The first-order valence-electron chi connectivity index (χ1n) is 6.38. The lowest BCUT2D eigenvalue weighted by atomic mass is 10.0. The van der Waals surface area contributed by atoms with Crippen LogP contribution in [0.4, 0.5) is 0 Å². The molecule has 0 radical (unpaired) electrons. The van der Waals surface area contributed by atoms with E-state index in [2.05, 4.69) is 5.32 Å². The number of aliphatic carboxylic acids is 1. The highest BCUT2D eigenvalue weighted by Crippen LogP contribution is 2.11. The van der Waals surface area contributed by atoms with E-state index in [0.29, 0.717) is 0 Å². The van der Waals surface area contributed by atoms with Crippen molar-refractivity contribution in [2.24, 2.45) is 11.7 Å². The van der Waals surface area contributed by atoms with Crippen molar-refractivity contribution >= 4 is 11.9 Å². The van der Waals surface area contributed by atoms with Crippen LogP contribution in [-0.4, -0.2) is 34.2 Å². The Morgan fingerprint density at radius 2 is 1.80 bits per heavy atom. The van der Waals surface area contributed by atoms with E-state index in [0.717, 1.165) is 5.56 Å². The number of phenolic OH excluding ortho intramolecular Hbond substituents is 1. The predicted molar refractivity (Wildman–Crippen MR) is 74.2 cm³/mol. The third-order valence-electron chi connectivity index (χ3n) is 2.96. The SMILES string of the molecule is CC(C)[C@H](NC(=O)[C@H](N)Cc1ccc(O)cc1)C(=O)O. The van der Waals surface area contributed by atoms with Crippen molar-refractivity contribution in [3.8, 4) is 5.75 Å². The first-order valence-corrected chi connectivity index (χ1v) is 6.38. The van der Waals surface area contributed by atoms with Gasteiger partial charge >= 0.3 is 5.97 Å². The average Bonchev–Trinajstić information content (AvgIpc) is 2.37. The van der Waals surface area contributed by atoms with Crippen LogP contribution in [0.15, 0.2) is 24.3 Å². The van der Waals surface area contributed by atoms with Crippen molar-refractivity contribution < 1.29 is 19.8 Å². The Labute approximate surface area is 117 Å². The molecule has 5 N–H and O–H groups in total. The minimum Gasteiger partial charge on any atom is -0.508 e. The van der Waals surface area contributed by atoms with Crippen molar-refractivity contribution in [2.75, 3.05) is 0 Å². The minimum atomic E-state index is -1.08. The average molecular weight is 280 g/mol. The summed E-state index contributed by atoms with van der Waals surface area (Å²) in [6.07, 6.45) is 0.274. The number of phenols is 1. The molecule has 20 heavy (non-hydrogen) atoms. The Hall–Kier alpha value is -2.08. The smallest absolute Gasteiger partial charge is 0.326 e. The highest BCUT2D eigenvalue weighted by atomic mass is 16.4. The summed E-state index contributed by atoms with van der Waals surface area (Å²) in [7, 11) is 0. The van der Waals surface area contributed by atoms with Gasteiger partial charge in [0.15, 0.2) is 0 Å². The fraction of sp³-hybridized carbons (Fsp3) is 0.429. The first kappa shape index (κ1) is 16.0. The van der Waals surface area contributed by atoms with Gasteiger partial charge < -0.3 is 21.3 Å². The van der Waals surface area contributed by atoms with Gasteiger partial charge in [0.1, 0.15) is 11.8 Å².